The van der Waals surface area contributed by atoms with E-state index in [4.69, 9.17) is 4.74 Å². The van der Waals surface area contributed by atoms with Crippen molar-refractivity contribution in [1.29, 1.82) is 0 Å². The van der Waals surface area contributed by atoms with Crippen LogP contribution in [-0.4, -0.2) is 28.4 Å². The van der Waals surface area contributed by atoms with Crippen molar-refractivity contribution in [2.24, 2.45) is 0 Å². The monoisotopic (exact) mass is 349 g/mol. The topological polar surface area (TPSA) is 64.1 Å². The fourth-order valence-corrected chi connectivity index (χ4v) is 2.95. The highest BCUT2D eigenvalue weighted by molar-refractivity contribution is 5.93. The van der Waals surface area contributed by atoms with Gasteiger partial charge in [0.25, 0.3) is 11.8 Å². The lowest BCUT2D eigenvalue weighted by Crippen LogP contribution is -2.24. The maximum absolute atomic E-state index is 14.0. The number of fused-ring (bicyclic) bond motifs is 1. The molecule has 0 saturated heterocycles. The molecule has 2 aliphatic rings. The van der Waals surface area contributed by atoms with E-state index in [1.165, 1.54) is 0 Å². The molecule has 0 radical (unpaired) electrons. The number of hydrogen-bond acceptors (Lipinski definition) is 4. The van der Waals surface area contributed by atoms with Crippen LogP contribution in [0.4, 0.5) is 13.2 Å². The second-order valence-corrected chi connectivity index (χ2v) is 6.17. The zero-order valence-electron chi connectivity index (χ0n) is 13.1. The summed E-state index contributed by atoms with van der Waals surface area (Å²) in [5.41, 5.74) is 1.52. The second kappa shape index (κ2) is 5.72. The van der Waals surface area contributed by atoms with Crippen LogP contribution >= 0.6 is 0 Å². The molecule has 130 valence electrons. The molecule has 1 aliphatic heterocycles. The van der Waals surface area contributed by atoms with Gasteiger partial charge in [0.05, 0.1) is 30.0 Å². The Kier molecular flexibility index (Phi) is 3.63. The van der Waals surface area contributed by atoms with Crippen molar-refractivity contribution in [1.82, 2.24) is 15.3 Å². The molecule has 3 heterocycles. The highest BCUT2D eigenvalue weighted by Gasteiger charge is 2.59. The van der Waals surface area contributed by atoms with E-state index in [1.807, 2.05) is 0 Å². The summed E-state index contributed by atoms with van der Waals surface area (Å²) in [6.45, 7) is 0.785. The minimum Gasteiger partial charge on any atom is -0.491 e. The van der Waals surface area contributed by atoms with Crippen LogP contribution in [0.1, 0.15) is 39.5 Å². The largest absolute Gasteiger partial charge is 0.491 e. The van der Waals surface area contributed by atoms with Crippen LogP contribution in [0.3, 0.4) is 0 Å². The van der Waals surface area contributed by atoms with Crippen LogP contribution in [0.2, 0.25) is 0 Å². The van der Waals surface area contributed by atoms with E-state index in [0.717, 1.165) is 29.8 Å². The number of carbonyl (C=O) groups excluding carboxylic acids is 1. The molecule has 2 aromatic rings. The van der Waals surface area contributed by atoms with Crippen molar-refractivity contribution in [3.63, 3.8) is 0 Å². The van der Waals surface area contributed by atoms with E-state index in [1.54, 1.807) is 12.4 Å². The second-order valence-electron chi connectivity index (χ2n) is 6.17. The minimum atomic E-state index is -2.90. The van der Waals surface area contributed by atoms with Gasteiger partial charge >= 0.3 is 0 Å². The van der Waals surface area contributed by atoms with E-state index in [2.05, 4.69) is 15.3 Å². The summed E-state index contributed by atoms with van der Waals surface area (Å²) in [6, 6.07) is 0.947. The predicted octanol–water partition coefficient (Wildman–Crippen LogP) is 2.60. The van der Waals surface area contributed by atoms with Gasteiger partial charge in [-0.05, 0) is 11.6 Å². The van der Waals surface area contributed by atoms with Crippen LogP contribution in [0, 0.1) is 5.82 Å². The third-order valence-electron chi connectivity index (χ3n) is 4.44. The quantitative estimate of drug-likeness (QED) is 0.922. The Labute approximate surface area is 141 Å². The van der Waals surface area contributed by atoms with Gasteiger partial charge in [0.15, 0.2) is 0 Å². The molecule has 5 nitrogen and oxygen atoms in total. The number of alkyl halides is 2. The van der Waals surface area contributed by atoms with E-state index in [9.17, 15) is 18.0 Å². The summed E-state index contributed by atoms with van der Waals surface area (Å²) in [5, 5.41) is 2.66. The van der Waals surface area contributed by atoms with Gasteiger partial charge in [-0.2, -0.15) is 0 Å². The predicted molar refractivity (Wildman–Crippen MR) is 81.1 cm³/mol. The van der Waals surface area contributed by atoms with Crippen molar-refractivity contribution in [2.75, 3.05) is 6.61 Å². The highest BCUT2D eigenvalue weighted by Crippen LogP contribution is 2.55. The third-order valence-corrected chi connectivity index (χ3v) is 4.44. The zero-order chi connectivity index (χ0) is 17.6. The molecular formula is C17H14F3N3O2. The van der Waals surface area contributed by atoms with Gasteiger partial charge in [-0.3, -0.25) is 14.8 Å². The molecule has 1 saturated carbocycles. The van der Waals surface area contributed by atoms with Crippen molar-refractivity contribution < 1.29 is 22.7 Å². The SMILES string of the molecule is O=C(NCc1cncc2c1CCO2)c1cnc(C2CC2(F)F)c(F)c1. The number of carbonyl (C=O) groups is 1. The Morgan fingerprint density at radius 3 is 2.88 bits per heavy atom. The number of halogens is 3. The fourth-order valence-electron chi connectivity index (χ4n) is 2.95. The number of ether oxygens (including phenoxy) is 1. The summed E-state index contributed by atoms with van der Waals surface area (Å²) in [7, 11) is 0. The Morgan fingerprint density at radius 1 is 1.36 bits per heavy atom. The van der Waals surface area contributed by atoms with E-state index < -0.39 is 30.0 Å². The molecule has 1 fully saturated rings. The van der Waals surface area contributed by atoms with Gasteiger partial charge in [0.2, 0.25) is 0 Å². The van der Waals surface area contributed by atoms with Gasteiger partial charge in [0.1, 0.15) is 11.6 Å². The molecule has 0 spiro atoms. The van der Waals surface area contributed by atoms with Crippen LogP contribution in [0.15, 0.2) is 24.7 Å². The fraction of sp³-hybridized carbons (Fsp3) is 0.353. The van der Waals surface area contributed by atoms with E-state index in [0.29, 0.717) is 12.4 Å². The molecule has 0 bridgehead atoms. The number of pyridine rings is 2. The van der Waals surface area contributed by atoms with Crippen molar-refractivity contribution in [3.05, 3.63) is 52.9 Å². The standard InChI is InChI=1S/C17H14F3N3O2/c18-13-3-9(6-22-15(13)12-4-17(12,19)20)16(24)23-7-10-5-21-8-14-11(10)1-2-25-14/h3,5-6,8,12H,1-2,4,7H2,(H,23,24). The Bertz CT molecular complexity index is 857. The number of hydrogen-bond donors (Lipinski definition) is 1. The average Bonchev–Trinajstić information content (AvgIpc) is 2.99. The first kappa shape index (κ1) is 15.9. The number of rotatable bonds is 4. The molecule has 1 amide bonds. The summed E-state index contributed by atoms with van der Waals surface area (Å²) in [5.74, 6) is -4.81. The summed E-state index contributed by atoms with van der Waals surface area (Å²) < 4.78 is 45.5. The maximum atomic E-state index is 14.0. The molecule has 1 atom stereocenters. The molecule has 1 unspecified atom stereocenters. The normalized spacial score (nSPS) is 19.9. The first-order valence-electron chi connectivity index (χ1n) is 7.86. The lowest BCUT2D eigenvalue weighted by molar-refractivity contribution is 0.0950. The van der Waals surface area contributed by atoms with Crippen molar-refractivity contribution in [2.45, 2.75) is 31.2 Å². The average molecular weight is 349 g/mol. The molecular weight excluding hydrogens is 335 g/mol. The van der Waals surface area contributed by atoms with Gasteiger partial charge in [-0.25, -0.2) is 13.2 Å². The van der Waals surface area contributed by atoms with Gasteiger partial charge in [0, 0.05) is 37.3 Å². The number of nitrogens with zero attached hydrogens (tertiary/aromatic N) is 2. The zero-order valence-corrected chi connectivity index (χ0v) is 13.1. The number of amides is 1. The van der Waals surface area contributed by atoms with E-state index in [-0.39, 0.29) is 17.8 Å². The van der Waals surface area contributed by atoms with Gasteiger partial charge < -0.3 is 10.1 Å². The maximum Gasteiger partial charge on any atom is 0.257 e. The Balaban J connectivity index is 1.45. The van der Waals surface area contributed by atoms with Crippen LogP contribution < -0.4 is 10.1 Å². The molecule has 1 aliphatic carbocycles. The molecule has 4 rings (SSSR count). The van der Waals surface area contributed by atoms with Crippen LogP contribution in [0.25, 0.3) is 0 Å². The number of nitrogens with one attached hydrogen (secondary N) is 1. The highest BCUT2D eigenvalue weighted by atomic mass is 19.3. The first-order chi connectivity index (χ1) is 12.0. The Morgan fingerprint density at radius 2 is 2.16 bits per heavy atom. The van der Waals surface area contributed by atoms with Crippen LogP contribution in [-0.2, 0) is 13.0 Å². The van der Waals surface area contributed by atoms with E-state index >= 15 is 0 Å². The molecule has 8 heteroatoms. The third kappa shape index (κ3) is 2.92. The van der Waals surface area contributed by atoms with Crippen molar-refractivity contribution in [3.8, 4) is 5.75 Å². The number of aromatic nitrogens is 2. The molecule has 2 aromatic heterocycles. The lowest BCUT2D eigenvalue weighted by Gasteiger charge is -2.09. The smallest absolute Gasteiger partial charge is 0.257 e. The summed E-state index contributed by atoms with van der Waals surface area (Å²) >= 11 is 0. The van der Waals surface area contributed by atoms with Crippen molar-refractivity contribution >= 4 is 5.91 Å². The summed E-state index contributed by atoms with van der Waals surface area (Å²) in [4.78, 5) is 20.0. The molecule has 25 heavy (non-hydrogen) atoms. The van der Waals surface area contributed by atoms with Gasteiger partial charge in [-0.15, -0.1) is 0 Å². The molecule has 0 aromatic carbocycles. The first-order valence-corrected chi connectivity index (χ1v) is 7.86. The van der Waals surface area contributed by atoms with Gasteiger partial charge in [-0.1, -0.05) is 0 Å². The lowest BCUT2D eigenvalue weighted by atomic mass is 10.1. The summed E-state index contributed by atoms with van der Waals surface area (Å²) in [6.07, 6.45) is 4.73. The van der Waals surface area contributed by atoms with Crippen LogP contribution in [0.5, 0.6) is 5.75 Å². The minimum absolute atomic E-state index is 0.0120. The Hall–Kier alpha value is -2.64. The molecule has 1 N–H and O–H groups in total.